The molecule has 0 unspecified atom stereocenters. The van der Waals surface area contributed by atoms with Gasteiger partial charge in [0, 0.05) is 17.2 Å². The minimum absolute atomic E-state index is 0.118. The molecule has 20 heavy (non-hydrogen) atoms. The summed E-state index contributed by atoms with van der Waals surface area (Å²) in [5.41, 5.74) is 1.38. The Morgan fingerprint density at radius 3 is 3.10 bits per heavy atom. The molecule has 3 rings (SSSR count). The van der Waals surface area contributed by atoms with Gasteiger partial charge < -0.3 is 0 Å². The van der Waals surface area contributed by atoms with Gasteiger partial charge in [-0.2, -0.15) is 0 Å². The molecule has 0 amide bonds. The predicted octanol–water partition coefficient (Wildman–Crippen LogP) is 3.63. The fraction of sp³-hybridized carbons (Fsp3) is 0.467. The molecule has 5 heteroatoms. The number of thiophene rings is 1. The number of aryl methyl sites for hydroxylation is 2. The molecule has 0 saturated heterocycles. The van der Waals surface area contributed by atoms with Crippen LogP contribution in [-0.4, -0.2) is 15.3 Å². The molecule has 0 bridgehead atoms. The van der Waals surface area contributed by atoms with Crippen LogP contribution < -0.4 is 5.56 Å². The maximum absolute atomic E-state index is 12.8. The van der Waals surface area contributed by atoms with Crippen molar-refractivity contribution in [2.45, 2.75) is 44.3 Å². The lowest BCUT2D eigenvalue weighted by molar-refractivity contribution is 0.672. The molecule has 0 atom stereocenters. The van der Waals surface area contributed by atoms with Gasteiger partial charge in [0.1, 0.15) is 4.83 Å². The molecule has 0 N–H and O–H groups in total. The number of aromatic nitrogens is 2. The monoisotopic (exact) mass is 306 g/mol. The average Bonchev–Trinajstić information content (AvgIpc) is 3.00. The molecular weight excluding hydrogens is 288 g/mol. The summed E-state index contributed by atoms with van der Waals surface area (Å²) in [5.74, 6) is 0.986. The van der Waals surface area contributed by atoms with Gasteiger partial charge in [-0.1, -0.05) is 24.8 Å². The van der Waals surface area contributed by atoms with E-state index in [1.807, 2.05) is 0 Å². The van der Waals surface area contributed by atoms with Gasteiger partial charge in [-0.05, 0) is 31.2 Å². The topological polar surface area (TPSA) is 34.9 Å². The van der Waals surface area contributed by atoms with Crippen molar-refractivity contribution in [2.24, 2.45) is 0 Å². The molecule has 0 aliphatic heterocycles. The third-order valence-corrected chi connectivity index (χ3v) is 5.90. The quantitative estimate of drug-likeness (QED) is 0.480. The van der Waals surface area contributed by atoms with Crippen LogP contribution >= 0.6 is 23.1 Å². The van der Waals surface area contributed by atoms with Crippen molar-refractivity contribution in [3.8, 4) is 0 Å². The zero-order valence-corrected chi connectivity index (χ0v) is 13.3. The Balaban J connectivity index is 2.21. The fourth-order valence-corrected chi connectivity index (χ4v) is 4.82. The Morgan fingerprint density at radius 1 is 1.50 bits per heavy atom. The maximum atomic E-state index is 12.8. The third-order valence-electron chi connectivity index (χ3n) is 3.54. The van der Waals surface area contributed by atoms with E-state index < -0.39 is 0 Å². The molecule has 1 aliphatic carbocycles. The summed E-state index contributed by atoms with van der Waals surface area (Å²) in [7, 11) is 0. The van der Waals surface area contributed by atoms with Gasteiger partial charge in [0.2, 0.25) is 0 Å². The molecule has 2 aromatic rings. The molecule has 2 heterocycles. The molecule has 2 aromatic heterocycles. The molecular formula is C15H18N2OS2. The Bertz CT molecular complexity index is 715. The molecule has 106 valence electrons. The van der Waals surface area contributed by atoms with E-state index in [2.05, 4.69) is 13.5 Å². The van der Waals surface area contributed by atoms with Crippen LogP contribution in [0.4, 0.5) is 0 Å². The summed E-state index contributed by atoms with van der Waals surface area (Å²) in [6, 6.07) is 0. The Labute approximate surface area is 126 Å². The highest BCUT2D eigenvalue weighted by Gasteiger charge is 2.22. The predicted molar refractivity (Wildman–Crippen MR) is 87.1 cm³/mol. The highest BCUT2D eigenvalue weighted by atomic mass is 32.2. The first-order chi connectivity index (χ1) is 9.76. The Kier molecular flexibility index (Phi) is 3.98. The molecule has 0 aromatic carbocycles. The summed E-state index contributed by atoms with van der Waals surface area (Å²) in [6.07, 6.45) is 6.16. The van der Waals surface area contributed by atoms with E-state index in [1.54, 1.807) is 33.7 Å². The number of nitrogens with zero attached hydrogens (tertiary/aromatic N) is 2. The van der Waals surface area contributed by atoms with E-state index >= 15 is 0 Å². The number of thioether (sulfide) groups is 1. The highest BCUT2D eigenvalue weighted by molar-refractivity contribution is 7.99. The number of hydrogen-bond acceptors (Lipinski definition) is 4. The summed E-state index contributed by atoms with van der Waals surface area (Å²) in [4.78, 5) is 19.8. The van der Waals surface area contributed by atoms with E-state index in [4.69, 9.17) is 4.98 Å². The van der Waals surface area contributed by atoms with Crippen LogP contribution in [0.5, 0.6) is 0 Å². The van der Waals surface area contributed by atoms with Gasteiger partial charge in [0.05, 0.1) is 5.39 Å². The normalized spacial score (nSPS) is 13.8. The number of fused-ring (bicyclic) bond motifs is 3. The van der Waals surface area contributed by atoms with Crippen LogP contribution in [0.2, 0.25) is 0 Å². The van der Waals surface area contributed by atoms with Crippen LogP contribution in [-0.2, 0) is 19.4 Å². The summed E-state index contributed by atoms with van der Waals surface area (Å²) < 4.78 is 1.78. The molecule has 0 saturated carbocycles. The van der Waals surface area contributed by atoms with Crippen LogP contribution in [0.15, 0.2) is 22.6 Å². The van der Waals surface area contributed by atoms with E-state index in [9.17, 15) is 4.79 Å². The standard InChI is InChI=1S/C15H18N2OS2/c1-3-8-17-14(18)12-10-6-5-7-11(10)20-13(12)16-15(17)19-9-4-2/h3H,1,4-9H2,2H3. The fourth-order valence-electron chi connectivity index (χ4n) is 2.65. The molecule has 0 fully saturated rings. The van der Waals surface area contributed by atoms with Crippen LogP contribution in [0.25, 0.3) is 10.2 Å². The first kappa shape index (κ1) is 13.9. The molecule has 0 spiro atoms. The van der Waals surface area contributed by atoms with Gasteiger partial charge in [-0.15, -0.1) is 17.9 Å². The van der Waals surface area contributed by atoms with Gasteiger partial charge in [-0.3, -0.25) is 9.36 Å². The van der Waals surface area contributed by atoms with Gasteiger partial charge in [-0.25, -0.2) is 4.98 Å². The van der Waals surface area contributed by atoms with Crippen LogP contribution in [0, 0.1) is 0 Å². The number of allylic oxidation sites excluding steroid dienone is 1. The zero-order valence-electron chi connectivity index (χ0n) is 11.6. The van der Waals surface area contributed by atoms with E-state index in [1.165, 1.54) is 16.9 Å². The van der Waals surface area contributed by atoms with E-state index in [-0.39, 0.29) is 5.56 Å². The van der Waals surface area contributed by atoms with Crippen molar-refractivity contribution in [3.05, 3.63) is 33.4 Å². The highest BCUT2D eigenvalue weighted by Crippen LogP contribution is 2.35. The van der Waals surface area contributed by atoms with Gasteiger partial charge >= 0.3 is 0 Å². The molecule has 1 aliphatic rings. The third kappa shape index (κ3) is 2.23. The lowest BCUT2D eigenvalue weighted by Gasteiger charge is -2.09. The Hall–Kier alpha value is -1.07. The summed E-state index contributed by atoms with van der Waals surface area (Å²) >= 11 is 3.38. The zero-order chi connectivity index (χ0) is 14.1. The first-order valence-corrected chi connectivity index (χ1v) is 8.85. The van der Waals surface area contributed by atoms with Crippen LogP contribution in [0.3, 0.4) is 0 Å². The van der Waals surface area contributed by atoms with Crippen molar-refractivity contribution in [3.63, 3.8) is 0 Å². The second-order valence-corrected chi connectivity index (χ2v) is 7.13. The maximum Gasteiger partial charge on any atom is 0.263 e. The number of hydrogen-bond donors (Lipinski definition) is 0. The van der Waals surface area contributed by atoms with Gasteiger partial charge in [0.15, 0.2) is 5.16 Å². The largest absolute Gasteiger partial charge is 0.283 e. The van der Waals surface area contributed by atoms with Crippen LogP contribution in [0.1, 0.15) is 30.2 Å². The second kappa shape index (κ2) is 5.74. The SMILES string of the molecule is C=CCn1c(SCCC)nc2sc3c(c2c1=O)CCC3. The lowest BCUT2D eigenvalue weighted by atomic mass is 10.2. The summed E-state index contributed by atoms with van der Waals surface area (Å²) in [5, 5.41) is 1.70. The Morgan fingerprint density at radius 2 is 2.35 bits per heavy atom. The van der Waals surface area contributed by atoms with Crippen molar-refractivity contribution in [2.75, 3.05) is 5.75 Å². The molecule has 3 nitrogen and oxygen atoms in total. The van der Waals surface area contributed by atoms with Crippen molar-refractivity contribution < 1.29 is 0 Å². The molecule has 0 radical (unpaired) electrons. The average molecular weight is 306 g/mol. The van der Waals surface area contributed by atoms with E-state index in [0.717, 1.165) is 40.4 Å². The smallest absolute Gasteiger partial charge is 0.263 e. The minimum atomic E-state index is 0.118. The van der Waals surface area contributed by atoms with Gasteiger partial charge in [0.25, 0.3) is 5.56 Å². The van der Waals surface area contributed by atoms with Crippen molar-refractivity contribution in [1.29, 1.82) is 0 Å². The first-order valence-electron chi connectivity index (χ1n) is 7.05. The minimum Gasteiger partial charge on any atom is -0.283 e. The van der Waals surface area contributed by atoms with Crippen molar-refractivity contribution in [1.82, 2.24) is 9.55 Å². The van der Waals surface area contributed by atoms with Crippen molar-refractivity contribution >= 4 is 33.3 Å². The summed E-state index contributed by atoms with van der Waals surface area (Å²) in [6.45, 7) is 6.44. The van der Waals surface area contributed by atoms with E-state index in [0.29, 0.717) is 6.54 Å². The second-order valence-electron chi connectivity index (χ2n) is 4.98. The number of rotatable bonds is 5. The lowest BCUT2D eigenvalue weighted by Crippen LogP contribution is -2.22.